The Balaban J connectivity index is 2.82. The van der Waals surface area contributed by atoms with E-state index in [2.05, 4.69) is 0 Å². The van der Waals surface area contributed by atoms with Crippen LogP contribution in [-0.4, -0.2) is 17.0 Å². The highest BCUT2D eigenvalue weighted by atomic mass is 19.1. The molecule has 0 saturated heterocycles. The molecule has 76 valence electrons. The van der Waals surface area contributed by atoms with Gasteiger partial charge in [0.15, 0.2) is 5.78 Å². The van der Waals surface area contributed by atoms with Gasteiger partial charge >= 0.3 is 0 Å². The molecule has 0 spiro atoms. The minimum absolute atomic E-state index is 0.160. The van der Waals surface area contributed by atoms with E-state index in [9.17, 15) is 13.6 Å². The van der Waals surface area contributed by atoms with E-state index in [1.165, 1.54) is 6.92 Å². The van der Waals surface area contributed by atoms with Gasteiger partial charge in [0.2, 0.25) is 0 Å². The summed E-state index contributed by atoms with van der Waals surface area (Å²) in [5.41, 5.74) is 0.230. The Morgan fingerprint density at radius 3 is 2.29 bits per heavy atom. The van der Waals surface area contributed by atoms with Crippen molar-refractivity contribution in [2.75, 3.05) is 0 Å². The summed E-state index contributed by atoms with van der Waals surface area (Å²) in [6.45, 7) is 1.32. The summed E-state index contributed by atoms with van der Waals surface area (Å²) < 4.78 is 25.3. The first-order valence-corrected chi connectivity index (χ1v) is 4.15. The molecule has 0 saturated carbocycles. The number of aliphatic hydroxyl groups is 1. The zero-order chi connectivity index (χ0) is 10.7. The number of hydrogen-bond donors (Lipinski definition) is 1. The summed E-state index contributed by atoms with van der Waals surface area (Å²) >= 11 is 0. The largest absolute Gasteiger partial charge is 0.386 e. The van der Waals surface area contributed by atoms with Crippen molar-refractivity contribution in [2.45, 2.75) is 19.4 Å². The van der Waals surface area contributed by atoms with Crippen LogP contribution >= 0.6 is 0 Å². The van der Waals surface area contributed by atoms with Crippen molar-refractivity contribution in [2.24, 2.45) is 0 Å². The van der Waals surface area contributed by atoms with Crippen LogP contribution < -0.4 is 0 Å². The number of benzene rings is 1. The number of ketones is 1. The summed E-state index contributed by atoms with van der Waals surface area (Å²) in [6, 6.07) is 2.88. The Hall–Kier alpha value is -1.29. The fourth-order valence-electron chi connectivity index (χ4n) is 1.06. The molecular weight excluding hydrogens is 190 g/mol. The topological polar surface area (TPSA) is 37.3 Å². The van der Waals surface area contributed by atoms with E-state index in [0.717, 1.165) is 18.2 Å². The van der Waals surface area contributed by atoms with E-state index in [1.54, 1.807) is 0 Å². The van der Waals surface area contributed by atoms with Gasteiger partial charge in [-0.05, 0) is 24.6 Å². The van der Waals surface area contributed by atoms with Crippen molar-refractivity contribution in [1.82, 2.24) is 0 Å². The maximum absolute atomic E-state index is 12.7. The number of rotatable bonds is 3. The summed E-state index contributed by atoms with van der Waals surface area (Å²) in [4.78, 5) is 11.0. The Bertz CT molecular complexity index is 328. The first kappa shape index (κ1) is 10.8. The van der Waals surface area contributed by atoms with Gasteiger partial charge < -0.3 is 5.11 Å². The van der Waals surface area contributed by atoms with Crippen molar-refractivity contribution in [3.05, 3.63) is 35.4 Å². The average Bonchev–Trinajstić information content (AvgIpc) is 2.01. The number of carbonyl (C=O) groups excluding carboxylic acids is 1. The van der Waals surface area contributed by atoms with Gasteiger partial charge in [-0.1, -0.05) is 0 Å². The highest BCUT2D eigenvalue weighted by molar-refractivity contribution is 5.84. The van der Waals surface area contributed by atoms with E-state index in [4.69, 9.17) is 5.11 Å². The fraction of sp³-hybridized carbons (Fsp3) is 0.300. The Morgan fingerprint density at radius 1 is 1.36 bits per heavy atom. The van der Waals surface area contributed by atoms with Gasteiger partial charge in [-0.3, -0.25) is 4.79 Å². The zero-order valence-corrected chi connectivity index (χ0v) is 7.63. The predicted octanol–water partition coefficient (Wildman–Crippen LogP) is 1.46. The molecule has 1 N–H and O–H groups in total. The monoisotopic (exact) mass is 200 g/mol. The Labute approximate surface area is 80.2 Å². The van der Waals surface area contributed by atoms with Crippen molar-refractivity contribution in [3.8, 4) is 0 Å². The van der Waals surface area contributed by atoms with Gasteiger partial charge in [-0.15, -0.1) is 0 Å². The van der Waals surface area contributed by atoms with Crippen molar-refractivity contribution < 1.29 is 18.7 Å². The molecule has 4 heteroatoms. The van der Waals surface area contributed by atoms with Gasteiger partial charge in [0.25, 0.3) is 0 Å². The molecule has 0 aliphatic carbocycles. The van der Waals surface area contributed by atoms with Crippen LogP contribution in [0.5, 0.6) is 0 Å². The molecule has 0 aliphatic heterocycles. The van der Waals surface area contributed by atoms with Crippen molar-refractivity contribution >= 4 is 5.78 Å². The van der Waals surface area contributed by atoms with E-state index in [-0.39, 0.29) is 12.0 Å². The Morgan fingerprint density at radius 2 is 1.86 bits per heavy atom. The van der Waals surface area contributed by atoms with E-state index < -0.39 is 23.5 Å². The molecule has 0 heterocycles. The van der Waals surface area contributed by atoms with Crippen LogP contribution in [0.3, 0.4) is 0 Å². The molecule has 1 rings (SSSR count). The van der Waals surface area contributed by atoms with Crippen LogP contribution in [0.1, 0.15) is 12.5 Å². The zero-order valence-electron chi connectivity index (χ0n) is 7.63. The predicted molar refractivity (Wildman–Crippen MR) is 46.7 cm³/mol. The number of Topliss-reactive ketones (excluding diaryl/α,β-unsaturated/α-hetero) is 1. The van der Waals surface area contributed by atoms with Crippen LogP contribution in [0.2, 0.25) is 0 Å². The number of hydrogen-bond acceptors (Lipinski definition) is 2. The maximum atomic E-state index is 12.7. The minimum atomic E-state index is -1.11. The quantitative estimate of drug-likeness (QED) is 0.801. The number of aliphatic hydroxyl groups excluding tert-OH is 1. The summed E-state index contributed by atoms with van der Waals surface area (Å²) in [5.74, 6) is -1.91. The SMILES string of the molecule is CC(O)C(=O)Cc1cc(F)cc(F)c1. The van der Waals surface area contributed by atoms with Crippen LogP contribution in [0, 0.1) is 11.6 Å². The summed E-state index contributed by atoms with van der Waals surface area (Å²) in [6.07, 6.45) is -1.27. The molecule has 0 bridgehead atoms. The van der Waals surface area contributed by atoms with E-state index >= 15 is 0 Å². The molecule has 0 aromatic heterocycles. The van der Waals surface area contributed by atoms with Crippen molar-refractivity contribution in [3.63, 3.8) is 0 Å². The van der Waals surface area contributed by atoms with Crippen LogP contribution in [0.25, 0.3) is 0 Å². The first-order valence-electron chi connectivity index (χ1n) is 4.15. The lowest BCUT2D eigenvalue weighted by Gasteiger charge is -2.03. The molecule has 0 radical (unpaired) electrons. The maximum Gasteiger partial charge on any atom is 0.165 e. The van der Waals surface area contributed by atoms with E-state index in [1.807, 2.05) is 0 Å². The van der Waals surface area contributed by atoms with Crippen molar-refractivity contribution in [1.29, 1.82) is 0 Å². The lowest BCUT2D eigenvalue weighted by molar-refractivity contribution is -0.125. The smallest absolute Gasteiger partial charge is 0.165 e. The standard InChI is InChI=1S/C10H10F2O2/c1-6(13)10(14)4-7-2-8(11)5-9(12)3-7/h2-3,5-6,13H,4H2,1H3. The molecule has 1 unspecified atom stereocenters. The molecule has 2 nitrogen and oxygen atoms in total. The molecule has 1 aromatic rings. The number of halogens is 2. The van der Waals surface area contributed by atoms with Gasteiger partial charge in [0.1, 0.15) is 17.7 Å². The van der Waals surface area contributed by atoms with Gasteiger partial charge in [-0.2, -0.15) is 0 Å². The fourth-order valence-corrected chi connectivity index (χ4v) is 1.06. The molecule has 0 amide bonds. The van der Waals surface area contributed by atoms with Gasteiger partial charge in [0.05, 0.1) is 0 Å². The van der Waals surface area contributed by atoms with Gasteiger partial charge in [-0.25, -0.2) is 8.78 Å². The van der Waals surface area contributed by atoms with E-state index in [0.29, 0.717) is 0 Å². The molecule has 1 atom stereocenters. The summed E-state index contributed by atoms with van der Waals surface area (Å²) in [5, 5.41) is 8.88. The Kier molecular flexibility index (Phi) is 3.30. The van der Waals surface area contributed by atoms with Crippen LogP contribution in [0.4, 0.5) is 8.78 Å². The molecule has 1 aromatic carbocycles. The molecule has 0 aliphatic rings. The summed E-state index contributed by atoms with van der Waals surface area (Å²) in [7, 11) is 0. The highest BCUT2D eigenvalue weighted by Gasteiger charge is 2.11. The lowest BCUT2D eigenvalue weighted by Crippen LogP contribution is -2.18. The third-order valence-electron chi connectivity index (χ3n) is 1.77. The van der Waals surface area contributed by atoms with Crippen LogP contribution in [0.15, 0.2) is 18.2 Å². The normalized spacial score (nSPS) is 12.6. The second kappa shape index (κ2) is 4.28. The minimum Gasteiger partial charge on any atom is -0.386 e. The molecule has 0 fully saturated rings. The third kappa shape index (κ3) is 2.88. The molecule has 14 heavy (non-hydrogen) atoms. The second-order valence-corrected chi connectivity index (χ2v) is 3.10. The van der Waals surface area contributed by atoms with Crippen LogP contribution in [-0.2, 0) is 11.2 Å². The third-order valence-corrected chi connectivity index (χ3v) is 1.77. The lowest BCUT2D eigenvalue weighted by atomic mass is 10.1. The van der Waals surface area contributed by atoms with Gasteiger partial charge in [0, 0.05) is 12.5 Å². The first-order chi connectivity index (χ1) is 6.49. The second-order valence-electron chi connectivity index (χ2n) is 3.10. The number of carbonyl (C=O) groups is 1. The highest BCUT2D eigenvalue weighted by Crippen LogP contribution is 2.09. The molecular formula is C10H10F2O2. The average molecular weight is 200 g/mol.